The van der Waals surface area contributed by atoms with Crippen LogP contribution in [0.5, 0.6) is 0 Å². The summed E-state index contributed by atoms with van der Waals surface area (Å²) in [7, 11) is 0. The Morgan fingerprint density at radius 3 is 1.24 bits per heavy atom. The Hall–Kier alpha value is -2.34. The van der Waals surface area contributed by atoms with Gasteiger partial charge in [-0.15, -0.1) is 0 Å². The summed E-state index contributed by atoms with van der Waals surface area (Å²) >= 11 is 0. The molecule has 0 heterocycles. The Morgan fingerprint density at radius 1 is 0.429 bits per heavy atom. The van der Waals surface area contributed by atoms with E-state index in [1.165, 1.54) is 30.4 Å². The summed E-state index contributed by atoms with van der Waals surface area (Å²) in [6.45, 7) is 0. The maximum absolute atomic E-state index is 2.24. The van der Waals surface area contributed by atoms with Crippen LogP contribution in [-0.2, 0) is 12.8 Å². The lowest BCUT2D eigenvalue weighted by Crippen LogP contribution is -1.77. The molecule has 1 aliphatic rings. The third-order valence-electron chi connectivity index (χ3n) is 3.89. The minimum absolute atomic E-state index is 1.28. The second kappa shape index (κ2) is 6.90. The van der Waals surface area contributed by atoms with E-state index in [1.807, 2.05) is 12.1 Å². The van der Waals surface area contributed by atoms with Crippen LogP contribution in [0.2, 0.25) is 0 Å². The lowest BCUT2D eigenvalue weighted by Gasteiger charge is -1.98. The van der Waals surface area contributed by atoms with Crippen LogP contribution >= 0.6 is 0 Å². The molecule has 21 heavy (non-hydrogen) atoms. The van der Waals surface area contributed by atoms with E-state index in [9.17, 15) is 0 Å². The van der Waals surface area contributed by atoms with Crippen molar-refractivity contribution in [3.05, 3.63) is 96.1 Å². The molecule has 0 aliphatic heterocycles. The van der Waals surface area contributed by atoms with Gasteiger partial charge in [0.2, 0.25) is 0 Å². The number of hydrogen-bond donors (Lipinski definition) is 0. The van der Waals surface area contributed by atoms with Crippen LogP contribution in [0.15, 0.2) is 84.9 Å². The van der Waals surface area contributed by atoms with Gasteiger partial charge < -0.3 is 0 Å². The first-order valence-corrected chi connectivity index (χ1v) is 7.61. The zero-order valence-electron chi connectivity index (χ0n) is 12.2. The highest BCUT2D eigenvalue weighted by atomic mass is 14.1. The average molecular weight is 272 g/mol. The zero-order valence-corrected chi connectivity index (χ0v) is 12.2. The van der Waals surface area contributed by atoms with Crippen LogP contribution in [0, 0.1) is 0 Å². The Balaban J connectivity index is 0.000000131. The van der Waals surface area contributed by atoms with Crippen LogP contribution in [0.25, 0.3) is 11.1 Å². The second-order valence-corrected chi connectivity index (χ2v) is 5.35. The number of rotatable bonds is 1. The molecule has 0 nitrogen and oxygen atoms in total. The number of aryl methyl sites for hydroxylation is 2. The van der Waals surface area contributed by atoms with Crippen molar-refractivity contribution in [2.45, 2.75) is 19.3 Å². The molecule has 4 rings (SSSR count). The van der Waals surface area contributed by atoms with Crippen LogP contribution in [0.4, 0.5) is 0 Å². The maximum atomic E-state index is 2.24. The zero-order chi connectivity index (χ0) is 14.3. The van der Waals surface area contributed by atoms with Gasteiger partial charge in [0, 0.05) is 0 Å². The SMILES string of the molecule is c1ccc(-c2ccccc2)cc1.c1ccc2c(c1)CCC2. The summed E-state index contributed by atoms with van der Waals surface area (Å²) in [6.07, 6.45) is 3.96. The van der Waals surface area contributed by atoms with E-state index >= 15 is 0 Å². The number of benzene rings is 3. The predicted octanol–water partition coefficient (Wildman–Crippen LogP) is 5.53. The summed E-state index contributed by atoms with van der Waals surface area (Å²) in [5, 5.41) is 0. The van der Waals surface area contributed by atoms with Gasteiger partial charge in [0.1, 0.15) is 0 Å². The van der Waals surface area contributed by atoms with Crippen molar-refractivity contribution in [3.63, 3.8) is 0 Å². The summed E-state index contributed by atoms with van der Waals surface area (Å²) in [6, 6.07) is 29.5. The molecule has 0 heteroatoms. The first kappa shape index (κ1) is 13.6. The molecule has 0 unspecified atom stereocenters. The third-order valence-corrected chi connectivity index (χ3v) is 3.89. The molecule has 0 atom stereocenters. The highest BCUT2D eigenvalue weighted by Crippen LogP contribution is 2.20. The molecule has 3 aromatic rings. The molecule has 3 aromatic carbocycles. The topological polar surface area (TPSA) is 0 Å². The molecule has 1 aliphatic carbocycles. The molecule has 0 saturated heterocycles. The average Bonchev–Trinajstić information content (AvgIpc) is 3.06. The standard InChI is InChI=1S/C12H10.C9H10/c1-3-7-11(8-4-1)12-9-5-2-6-10-12;1-2-5-9-7-3-6-8(9)4-1/h1-10H;1-2,4-5H,3,6-7H2. The van der Waals surface area contributed by atoms with Crippen molar-refractivity contribution in [2.24, 2.45) is 0 Å². The molecule has 104 valence electrons. The molecular weight excluding hydrogens is 252 g/mol. The lowest BCUT2D eigenvalue weighted by atomic mass is 10.1. The van der Waals surface area contributed by atoms with Gasteiger partial charge in [0.25, 0.3) is 0 Å². The van der Waals surface area contributed by atoms with Gasteiger partial charge in [-0.1, -0.05) is 84.9 Å². The summed E-state index contributed by atoms with van der Waals surface area (Å²) in [5.41, 5.74) is 5.69. The molecule has 0 saturated carbocycles. The van der Waals surface area contributed by atoms with Crippen molar-refractivity contribution in [1.29, 1.82) is 0 Å². The minimum Gasteiger partial charge on any atom is -0.0622 e. The van der Waals surface area contributed by atoms with Gasteiger partial charge in [0.05, 0.1) is 0 Å². The molecule has 0 radical (unpaired) electrons. The fourth-order valence-electron chi connectivity index (χ4n) is 2.78. The van der Waals surface area contributed by atoms with Crippen molar-refractivity contribution in [1.82, 2.24) is 0 Å². The fraction of sp³-hybridized carbons (Fsp3) is 0.143. The molecule has 0 aromatic heterocycles. The Labute approximate surface area is 127 Å². The van der Waals surface area contributed by atoms with Gasteiger partial charge in [-0.2, -0.15) is 0 Å². The quantitative estimate of drug-likeness (QED) is 0.546. The minimum atomic E-state index is 1.28. The highest BCUT2D eigenvalue weighted by molar-refractivity contribution is 5.62. The van der Waals surface area contributed by atoms with Crippen molar-refractivity contribution < 1.29 is 0 Å². The smallest absolute Gasteiger partial charge is 0.0184 e. The van der Waals surface area contributed by atoms with E-state index < -0.39 is 0 Å². The first-order valence-electron chi connectivity index (χ1n) is 7.61. The Morgan fingerprint density at radius 2 is 0.810 bits per heavy atom. The van der Waals surface area contributed by atoms with Crippen LogP contribution in [-0.4, -0.2) is 0 Å². The van der Waals surface area contributed by atoms with Crippen molar-refractivity contribution in [2.75, 3.05) is 0 Å². The molecule has 0 fully saturated rings. The lowest BCUT2D eigenvalue weighted by molar-refractivity contribution is 0.912. The molecular formula is C21H20. The van der Waals surface area contributed by atoms with E-state index in [0.717, 1.165) is 0 Å². The molecule has 0 amide bonds. The van der Waals surface area contributed by atoms with Gasteiger partial charge in [0.15, 0.2) is 0 Å². The van der Waals surface area contributed by atoms with E-state index in [4.69, 9.17) is 0 Å². The fourth-order valence-corrected chi connectivity index (χ4v) is 2.78. The molecule has 0 bridgehead atoms. The van der Waals surface area contributed by atoms with Gasteiger partial charge in [-0.25, -0.2) is 0 Å². The summed E-state index contributed by atoms with van der Waals surface area (Å²) in [5.74, 6) is 0. The van der Waals surface area contributed by atoms with E-state index in [-0.39, 0.29) is 0 Å². The monoisotopic (exact) mass is 272 g/mol. The van der Waals surface area contributed by atoms with Gasteiger partial charge >= 0.3 is 0 Å². The normalized spacial score (nSPS) is 12.2. The number of fused-ring (bicyclic) bond motifs is 1. The van der Waals surface area contributed by atoms with Crippen LogP contribution in [0.3, 0.4) is 0 Å². The Kier molecular flexibility index (Phi) is 4.48. The third kappa shape index (κ3) is 3.61. The van der Waals surface area contributed by atoms with Crippen molar-refractivity contribution in [3.8, 4) is 11.1 Å². The number of hydrogen-bond acceptors (Lipinski definition) is 0. The largest absolute Gasteiger partial charge is 0.0622 e. The van der Waals surface area contributed by atoms with Gasteiger partial charge in [-0.3, -0.25) is 0 Å². The van der Waals surface area contributed by atoms with E-state index in [0.29, 0.717) is 0 Å². The predicted molar refractivity (Wildman–Crippen MR) is 90.3 cm³/mol. The Bertz CT molecular complexity index is 608. The van der Waals surface area contributed by atoms with E-state index in [1.54, 1.807) is 11.1 Å². The molecule has 0 spiro atoms. The van der Waals surface area contributed by atoms with Crippen LogP contribution < -0.4 is 0 Å². The van der Waals surface area contributed by atoms with E-state index in [2.05, 4.69) is 72.8 Å². The summed E-state index contributed by atoms with van der Waals surface area (Å²) < 4.78 is 0. The summed E-state index contributed by atoms with van der Waals surface area (Å²) in [4.78, 5) is 0. The second-order valence-electron chi connectivity index (χ2n) is 5.35. The molecule has 0 N–H and O–H groups in total. The van der Waals surface area contributed by atoms with Gasteiger partial charge in [-0.05, 0) is 41.5 Å². The maximum Gasteiger partial charge on any atom is -0.0184 e. The van der Waals surface area contributed by atoms with Crippen LogP contribution in [0.1, 0.15) is 17.5 Å². The first-order chi connectivity index (χ1) is 10.4. The van der Waals surface area contributed by atoms with Crippen molar-refractivity contribution >= 4 is 0 Å². The highest BCUT2D eigenvalue weighted by Gasteiger charge is 2.07.